The van der Waals surface area contributed by atoms with Crippen LogP contribution in [0, 0.1) is 0 Å². The van der Waals surface area contributed by atoms with E-state index in [1.165, 1.54) is 0 Å². The predicted octanol–water partition coefficient (Wildman–Crippen LogP) is 1.99. The molecule has 1 N–H and O–H groups in total. The Hall–Kier alpha value is -0.860. The summed E-state index contributed by atoms with van der Waals surface area (Å²) in [5.41, 5.74) is 0.394. The topological polar surface area (TPSA) is 23.5 Å². The molecule has 2 nitrogen and oxygen atoms in total. The summed E-state index contributed by atoms with van der Waals surface area (Å²) in [6.45, 7) is 6.26. The number of nitrogens with zero attached hydrogens (tertiary/aromatic N) is 1. The highest BCUT2D eigenvalue weighted by Crippen LogP contribution is 2.37. The lowest BCUT2D eigenvalue weighted by Crippen LogP contribution is -2.40. The molecule has 0 amide bonds. The van der Waals surface area contributed by atoms with Crippen LogP contribution >= 0.6 is 0 Å². The second-order valence-corrected chi connectivity index (χ2v) is 4.34. The van der Waals surface area contributed by atoms with Gasteiger partial charge in [0.2, 0.25) is 0 Å². The second-order valence-electron chi connectivity index (χ2n) is 4.34. The van der Waals surface area contributed by atoms with Crippen LogP contribution in [0.25, 0.3) is 0 Å². The zero-order valence-corrected chi connectivity index (χ0v) is 9.48. The molecule has 1 aliphatic heterocycles. The summed E-state index contributed by atoms with van der Waals surface area (Å²) in [7, 11) is 0. The lowest BCUT2D eigenvalue weighted by molar-refractivity contribution is 0.00723. The van der Waals surface area contributed by atoms with Gasteiger partial charge in [-0.15, -0.1) is 0 Å². The Morgan fingerprint density at radius 2 is 2.07 bits per heavy atom. The Bertz CT molecular complexity index is 325. The summed E-state index contributed by atoms with van der Waals surface area (Å²) in [4.78, 5) is 2.33. The lowest BCUT2D eigenvalue weighted by Gasteiger charge is -2.31. The number of rotatable bonds is 2. The first-order chi connectivity index (χ1) is 7.18. The van der Waals surface area contributed by atoms with Crippen LogP contribution in [0.2, 0.25) is 0 Å². The Morgan fingerprint density at radius 3 is 2.60 bits per heavy atom. The molecule has 0 radical (unpaired) electrons. The molecule has 1 fully saturated rings. The lowest BCUT2D eigenvalue weighted by atomic mass is 9.87. The first-order valence-corrected chi connectivity index (χ1v) is 5.70. The third-order valence-electron chi connectivity index (χ3n) is 3.70. The molecule has 1 heterocycles. The molecule has 15 heavy (non-hydrogen) atoms. The van der Waals surface area contributed by atoms with Crippen LogP contribution in [0.1, 0.15) is 25.8 Å². The highest BCUT2D eigenvalue weighted by Gasteiger charge is 2.43. The normalized spacial score (nSPS) is 32.1. The van der Waals surface area contributed by atoms with Crippen molar-refractivity contribution in [3.05, 3.63) is 35.9 Å². The van der Waals surface area contributed by atoms with Gasteiger partial charge in [0.1, 0.15) is 5.60 Å². The molecular formula is C13H19NO. The van der Waals surface area contributed by atoms with Gasteiger partial charge in [-0.05, 0) is 25.5 Å². The van der Waals surface area contributed by atoms with E-state index in [2.05, 4.69) is 18.7 Å². The molecule has 0 bridgehead atoms. The molecular weight excluding hydrogens is 186 g/mol. The zero-order chi connectivity index (χ0) is 10.9. The minimum atomic E-state index is -0.655. The van der Waals surface area contributed by atoms with Crippen molar-refractivity contribution in [2.45, 2.75) is 31.9 Å². The molecule has 2 atom stereocenters. The molecule has 1 aliphatic rings. The maximum atomic E-state index is 10.7. The molecule has 0 aromatic heterocycles. The molecule has 1 aromatic rings. The van der Waals surface area contributed by atoms with E-state index in [0.717, 1.165) is 25.1 Å². The van der Waals surface area contributed by atoms with E-state index in [1.54, 1.807) is 0 Å². The second kappa shape index (κ2) is 3.95. The molecule has 2 heteroatoms. The first-order valence-electron chi connectivity index (χ1n) is 5.70. The van der Waals surface area contributed by atoms with Crippen LogP contribution < -0.4 is 0 Å². The summed E-state index contributed by atoms with van der Waals surface area (Å²) in [6, 6.07) is 10.2. The average Bonchev–Trinajstić information content (AvgIpc) is 2.58. The van der Waals surface area contributed by atoms with Gasteiger partial charge < -0.3 is 5.11 Å². The molecule has 82 valence electrons. The SMILES string of the molecule is CCN1CCC(O)(c2ccccc2)C1C. The molecule has 1 aromatic carbocycles. The fraction of sp³-hybridized carbons (Fsp3) is 0.538. The third-order valence-corrected chi connectivity index (χ3v) is 3.70. The summed E-state index contributed by atoms with van der Waals surface area (Å²) in [6.07, 6.45) is 0.839. The van der Waals surface area contributed by atoms with Gasteiger partial charge in [0.15, 0.2) is 0 Å². The van der Waals surface area contributed by atoms with Crippen molar-refractivity contribution in [3.63, 3.8) is 0 Å². The van der Waals surface area contributed by atoms with Crippen LogP contribution in [-0.2, 0) is 5.60 Å². The quantitative estimate of drug-likeness (QED) is 0.798. The summed E-state index contributed by atoms with van der Waals surface area (Å²) >= 11 is 0. The Morgan fingerprint density at radius 1 is 1.40 bits per heavy atom. The first kappa shape index (κ1) is 10.7. The molecule has 1 saturated heterocycles. The molecule has 2 unspecified atom stereocenters. The van der Waals surface area contributed by atoms with E-state index >= 15 is 0 Å². The van der Waals surface area contributed by atoms with E-state index < -0.39 is 5.60 Å². The van der Waals surface area contributed by atoms with Crippen molar-refractivity contribution < 1.29 is 5.11 Å². The van der Waals surface area contributed by atoms with Gasteiger partial charge in [-0.1, -0.05) is 37.3 Å². The van der Waals surface area contributed by atoms with E-state index in [-0.39, 0.29) is 6.04 Å². The Balaban J connectivity index is 2.29. The average molecular weight is 205 g/mol. The fourth-order valence-corrected chi connectivity index (χ4v) is 2.56. The maximum absolute atomic E-state index is 10.7. The van der Waals surface area contributed by atoms with Crippen LogP contribution in [0.15, 0.2) is 30.3 Å². The number of likely N-dealkylation sites (tertiary alicyclic amines) is 1. The van der Waals surface area contributed by atoms with Gasteiger partial charge in [-0.3, -0.25) is 4.90 Å². The summed E-state index contributed by atoms with van der Waals surface area (Å²) in [5.74, 6) is 0. The molecule has 2 rings (SSSR count). The maximum Gasteiger partial charge on any atom is 0.106 e. The fourth-order valence-electron chi connectivity index (χ4n) is 2.56. The van der Waals surface area contributed by atoms with Gasteiger partial charge >= 0.3 is 0 Å². The number of likely N-dealkylation sites (N-methyl/N-ethyl adjacent to an activating group) is 1. The highest BCUT2D eigenvalue weighted by molar-refractivity contribution is 5.25. The monoisotopic (exact) mass is 205 g/mol. The number of hydrogen-bond acceptors (Lipinski definition) is 2. The van der Waals surface area contributed by atoms with E-state index in [0.29, 0.717) is 0 Å². The van der Waals surface area contributed by atoms with Crippen molar-refractivity contribution in [3.8, 4) is 0 Å². The van der Waals surface area contributed by atoms with Crippen LogP contribution in [-0.4, -0.2) is 29.1 Å². The standard InChI is InChI=1S/C13H19NO/c1-3-14-10-9-13(15,11(14)2)12-7-5-4-6-8-12/h4-8,11,15H,3,9-10H2,1-2H3. The molecule has 0 saturated carbocycles. The van der Waals surface area contributed by atoms with Gasteiger partial charge in [-0.2, -0.15) is 0 Å². The van der Waals surface area contributed by atoms with Crippen molar-refractivity contribution in [2.75, 3.05) is 13.1 Å². The van der Waals surface area contributed by atoms with Gasteiger partial charge in [0, 0.05) is 12.6 Å². The smallest absolute Gasteiger partial charge is 0.106 e. The van der Waals surface area contributed by atoms with Crippen LogP contribution in [0.3, 0.4) is 0 Å². The summed E-state index contributed by atoms with van der Waals surface area (Å²) in [5, 5.41) is 10.7. The minimum absolute atomic E-state index is 0.213. The van der Waals surface area contributed by atoms with Gasteiger partial charge in [-0.25, -0.2) is 0 Å². The van der Waals surface area contributed by atoms with E-state index in [4.69, 9.17) is 0 Å². The Kier molecular flexibility index (Phi) is 2.81. The van der Waals surface area contributed by atoms with Gasteiger partial charge in [0.05, 0.1) is 0 Å². The van der Waals surface area contributed by atoms with Crippen molar-refractivity contribution >= 4 is 0 Å². The van der Waals surface area contributed by atoms with Gasteiger partial charge in [0.25, 0.3) is 0 Å². The minimum Gasteiger partial charge on any atom is -0.383 e. The molecule has 0 spiro atoms. The number of benzene rings is 1. The van der Waals surface area contributed by atoms with Crippen molar-refractivity contribution in [2.24, 2.45) is 0 Å². The Labute approximate surface area is 91.5 Å². The third kappa shape index (κ3) is 1.68. The van der Waals surface area contributed by atoms with Crippen molar-refractivity contribution in [1.29, 1.82) is 0 Å². The van der Waals surface area contributed by atoms with E-state index in [1.807, 2.05) is 30.3 Å². The number of aliphatic hydroxyl groups is 1. The highest BCUT2D eigenvalue weighted by atomic mass is 16.3. The van der Waals surface area contributed by atoms with Crippen LogP contribution in [0.5, 0.6) is 0 Å². The van der Waals surface area contributed by atoms with Crippen LogP contribution in [0.4, 0.5) is 0 Å². The largest absolute Gasteiger partial charge is 0.383 e. The summed E-state index contributed by atoms with van der Waals surface area (Å²) < 4.78 is 0. The number of hydrogen-bond donors (Lipinski definition) is 1. The zero-order valence-electron chi connectivity index (χ0n) is 9.48. The molecule has 0 aliphatic carbocycles. The van der Waals surface area contributed by atoms with E-state index in [9.17, 15) is 5.11 Å². The van der Waals surface area contributed by atoms with Crippen molar-refractivity contribution in [1.82, 2.24) is 4.90 Å². The predicted molar refractivity (Wildman–Crippen MR) is 61.7 cm³/mol.